The summed E-state index contributed by atoms with van der Waals surface area (Å²) in [6.07, 6.45) is -2.86. The highest BCUT2D eigenvalue weighted by Crippen LogP contribution is 2.30. The van der Waals surface area contributed by atoms with Gasteiger partial charge < -0.3 is 10.4 Å². The van der Waals surface area contributed by atoms with E-state index in [0.717, 1.165) is 24.1 Å². The molecule has 0 bridgehead atoms. The largest absolute Gasteiger partial charge is 0.416 e. The van der Waals surface area contributed by atoms with Gasteiger partial charge in [-0.2, -0.15) is 13.2 Å². The van der Waals surface area contributed by atoms with Crippen LogP contribution in [0.4, 0.5) is 13.2 Å². The molecule has 2 atom stereocenters. The van der Waals surface area contributed by atoms with Crippen LogP contribution in [0.5, 0.6) is 0 Å². The van der Waals surface area contributed by atoms with Gasteiger partial charge in [-0.15, -0.1) is 0 Å². The molecule has 2 unspecified atom stereocenters. The molecule has 0 spiro atoms. The number of aliphatic hydroxyl groups excluding tert-OH is 1. The van der Waals surface area contributed by atoms with Crippen molar-refractivity contribution in [2.45, 2.75) is 51.4 Å². The summed E-state index contributed by atoms with van der Waals surface area (Å²) in [5.41, 5.74) is -0.0608. The maximum Gasteiger partial charge on any atom is 0.416 e. The molecule has 1 aromatic rings. The van der Waals surface area contributed by atoms with Gasteiger partial charge in [0.05, 0.1) is 5.56 Å². The van der Waals surface area contributed by atoms with E-state index in [0.29, 0.717) is 6.42 Å². The average Bonchev–Trinajstić information content (AvgIpc) is 2.38. The van der Waals surface area contributed by atoms with E-state index >= 15 is 0 Å². The first-order valence-electron chi connectivity index (χ1n) is 6.77. The fourth-order valence-electron chi connectivity index (χ4n) is 2.16. The highest BCUT2D eigenvalue weighted by Gasteiger charge is 2.30. The van der Waals surface area contributed by atoms with E-state index < -0.39 is 11.7 Å². The van der Waals surface area contributed by atoms with Gasteiger partial charge in [0.1, 0.15) is 0 Å². The molecule has 0 fully saturated rings. The van der Waals surface area contributed by atoms with Crippen LogP contribution in [-0.4, -0.2) is 17.3 Å². The first-order chi connectivity index (χ1) is 9.22. The number of hydrogen-bond donors (Lipinski definition) is 2. The Morgan fingerprint density at radius 2 is 1.75 bits per heavy atom. The lowest BCUT2D eigenvalue weighted by atomic mass is 9.92. The summed E-state index contributed by atoms with van der Waals surface area (Å²) in [5, 5.41) is 12.5. The Kier molecular flexibility index (Phi) is 5.59. The van der Waals surface area contributed by atoms with Gasteiger partial charge in [0.25, 0.3) is 0 Å². The molecule has 20 heavy (non-hydrogen) atoms. The van der Waals surface area contributed by atoms with Crippen LogP contribution in [0.25, 0.3) is 0 Å². The van der Waals surface area contributed by atoms with Gasteiger partial charge in [-0.25, -0.2) is 0 Å². The van der Waals surface area contributed by atoms with Gasteiger partial charge in [0.15, 0.2) is 0 Å². The summed E-state index contributed by atoms with van der Waals surface area (Å²) >= 11 is 0. The second-order valence-electron chi connectivity index (χ2n) is 5.37. The lowest BCUT2D eigenvalue weighted by Crippen LogP contribution is -2.43. The lowest BCUT2D eigenvalue weighted by molar-refractivity contribution is -0.137. The fourth-order valence-corrected chi connectivity index (χ4v) is 2.16. The third-order valence-corrected chi connectivity index (χ3v) is 3.75. The normalized spacial score (nSPS) is 16.8. The minimum absolute atomic E-state index is 0.0752. The molecule has 0 aliphatic carbocycles. The molecule has 0 radical (unpaired) electrons. The molecule has 0 heterocycles. The summed E-state index contributed by atoms with van der Waals surface area (Å²) in [4.78, 5) is 0. The zero-order chi connectivity index (χ0) is 15.4. The van der Waals surface area contributed by atoms with Gasteiger partial charge >= 0.3 is 6.18 Å². The van der Waals surface area contributed by atoms with Crippen LogP contribution in [0.1, 0.15) is 50.8 Å². The Morgan fingerprint density at radius 3 is 2.15 bits per heavy atom. The second-order valence-corrected chi connectivity index (χ2v) is 5.37. The van der Waals surface area contributed by atoms with E-state index in [2.05, 4.69) is 5.32 Å². The average molecular weight is 289 g/mol. The number of hydrogen-bond acceptors (Lipinski definition) is 2. The highest BCUT2D eigenvalue weighted by molar-refractivity contribution is 5.26. The van der Waals surface area contributed by atoms with Crippen LogP contribution in [0.15, 0.2) is 24.3 Å². The summed E-state index contributed by atoms with van der Waals surface area (Å²) in [6, 6.07) is 5.12. The molecule has 0 aromatic heterocycles. The number of benzene rings is 1. The van der Waals surface area contributed by atoms with E-state index in [1.165, 1.54) is 12.1 Å². The zero-order valence-corrected chi connectivity index (χ0v) is 12.1. The third-order valence-electron chi connectivity index (χ3n) is 3.75. The monoisotopic (exact) mass is 289 g/mol. The van der Waals surface area contributed by atoms with Crippen LogP contribution in [0.3, 0.4) is 0 Å². The Bertz CT molecular complexity index is 416. The number of halogens is 3. The van der Waals surface area contributed by atoms with E-state index in [-0.39, 0.29) is 18.2 Å². The number of rotatable bonds is 6. The standard InChI is InChI=1S/C15H22F3NO/c1-4-14(3,9-10-20)19-11(2)12-5-7-13(8-6-12)15(16,17)18/h5-8,11,19-20H,4,9-10H2,1-3H3. The Hall–Kier alpha value is -1.07. The molecule has 0 aliphatic rings. The summed E-state index contributed by atoms with van der Waals surface area (Å²) in [6.45, 7) is 6.01. The van der Waals surface area contributed by atoms with Crippen molar-refractivity contribution in [1.29, 1.82) is 0 Å². The second kappa shape index (κ2) is 6.59. The molecule has 114 valence electrons. The van der Waals surface area contributed by atoms with Crippen molar-refractivity contribution in [3.63, 3.8) is 0 Å². The smallest absolute Gasteiger partial charge is 0.396 e. The van der Waals surface area contributed by atoms with Crippen molar-refractivity contribution in [2.24, 2.45) is 0 Å². The molecule has 0 aliphatic heterocycles. The minimum Gasteiger partial charge on any atom is -0.396 e. The predicted molar refractivity (Wildman–Crippen MR) is 73.4 cm³/mol. The van der Waals surface area contributed by atoms with Gasteiger partial charge in [-0.05, 0) is 44.4 Å². The number of alkyl halides is 3. The molecule has 0 amide bonds. The van der Waals surface area contributed by atoms with Crippen molar-refractivity contribution in [2.75, 3.05) is 6.61 Å². The predicted octanol–water partition coefficient (Wildman–Crippen LogP) is 3.91. The summed E-state index contributed by atoms with van der Waals surface area (Å²) in [5.74, 6) is 0. The first-order valence-corrected chi connectivity index (χ1v) is 6.77. The molecule has 1 aromatic carbocycles. The van der Waals surface area contributed by atoms with E-state index in [9.17, 15) is 13.2 Å². The van der Waals surface area contributed by atoms with Crippen LogP contribution in [0, 0.1) is 0 Å². The summed E-state index contributed by atoms with van der Waals surface area (Å²) < 4.78 is 37.5. The zero-order valence-electron chi connectivity index (χ0n) is 12.1. The molecule has 5 heteroatoms. The van der Waals surface area contributed by atoms with Gasteiger partial charge in [-0.1, -0.05) is 19.1 Å². The molecular formula is C15H22F3NO. The van der Waals surface area contributed by atoms with E-state index in [4.69, 9.17) is 5.11 Å². The molecular weight excluding hydrogens is 267 g/mol. The van der Waals surface area contributed by atoms with Crippen LogP contribution < -0.4 is 5.32 Å². The maximum absolute atomic E-state index is 12.5. The quantitative estimate of drug-likeness (QED) is 0.832. The minimum atomic E-state index is -4.30. The van der Waals surface area contributed by atoms with Crippen molar-refractivity contribution in [3.05, 3.63) is 35.4 Å². The number of nitrogens with one attached hydrogen (secondary N) is 1. The molecule has 0 saturated heterocycles. The first kappa shape index (κ1) is 17.0. The van der Waals surface area contributed by atoms with Gasteiger partial charge in [-0.3, -0.25) is 0 Å². The topological polar surface area (TPSA) is 32.3 Å². The Labute approximate surface area is 118 Å². The molecule has 2 N–H and O–H groups in total. The van der Waals surface area contributed by atoms with Crippen molar-refractivity contribution in [3.8, 4) is 0 Å². The Balaban J connectivity index is 2.80. The van der Waals surface area contributed by atoms with Crippen LogP contribution >= 0.6 is 0 Å². The highest BCUT2D eigenvalue weighted by atomic mass is 19.4. The molecule has 0 saturated carbocycles. The third kappa shape index (κ3) is 4.49. The van der Waals surface area contributed by atoms with Crippen molar-refractivity contribution >= 4 is 0 Å². The number of aliphatic hydroxyl groups is 1. The van der Waals surface area contributed by atoms with Crippen molar-refractivity contribution < 1.29 is 18.3 Å². The van der Waals surface area contributed by atoms with E-state index in [1.807, 2.05) is 20.8 Å². The van der Waals surface area contributed by atoms with Crippen LogP contribution in [0.2, 0.25) is 0 Å². The summed E-state index contributed by atoms with van der Waals surface area (Å²) in [7, 11) is 0. The van der Waals surface area contributed by atoms with Crippen molar-refractivity contribution in [1.82, 2.24) is 5.32 Å². The molecule has 1 rings (SSSR count). The van der Waals surface area contributed by atoms with Crippen LogP contribution in [-0.2, 0) is 6.18 Å². The SMILES string of the molecule is CCC(C)(CCO)NC(C)c1ccc(C(F)(F)F)cc1. The lowest BCUT2D eigenvalue weighted by Gasteiger charge is -2.33. The van der Waals surface area contributed by atoms with Gasteiger partial charge in [0, 0.05) is 18.2 Å². The maximum atomic E-state index is 12.5. The Morgan fingerprint density at radius 1 is 1.20 bits per heavy atom. The fraction of sp³-hybridized carbons (Fsp3) is 0.600. The molecule has 2 nitrogen and oxygen atoms in total. The van der Waals surface area contributed by atoms with Gasteiger partial charge in [0.2, 0.25) is 0 Å². The van der Waals surface area contributed by atoms with E-state index in [1.54, 1.807) is 0 Å².